The minimum Gasteiger partial charge on any atom is -0.493 e. The van der Waals surface area contributed by atoms with Gasteiger partial charge in [-0.25, -0.2) is 29.3 Å². The number of carbonyl (C=O) groups excluding carboxylic acids is 2. The predicted molar refractivity (Wildman–Crippen MR) is 235 cm³/mol. The SMILES string of the molecule is Cc1cc(SCc2sc(-c3ccc(C(F)(F)F)cc3)nc2C)ccc1OCC(=O)OOC(=O)[C@](C)(Cc1ccc(OCCc2nc(-c3cccs3)oc2C)cc1)Oc1ccccc1. The molecule has 63 heavy (non-hydrogen) atoms. The van der Waals surface area contributed by atoms with Crippen molar-refractivity contribution >= 4 is 46.4 Å². The Bertz CT molecular complexity index is 2630. The van der Waals surface area contributed by atoms with Crippen LogP contribution in [-0.4, -0.2) is 40.7 Å². The number of benzene rings is 4. The first-order chi connectivity index (χ1) is 30.2. The number of para-hydroxylation sites is 1. The molecule has 7 aromatic rings. The summed E-state index contributed by atoms with van der Waals surface area (Å²) in [5.41, 5.74) is 1.45. The lowest BCUT2D eigenvalue weighted by atomic mass is 9.96. The number of thiophene rings is 1. The summed E-state index contributed by atoms with van der Waals surface area (Å²) in [5.74, 6) is 1.56. The monoisotopic (exact) mass is 914 g/mol. The van der Waals surface area contributed by atoms with E-state index in [0.29, 0.717) is 52.5 Å². The van der Waals surface area contributed by atoms with Gasteiger partial charge in [-0.1, -0.05) is 48.5 Å². The number of alkyl halides is 3. The zero-order chi connectivity index (χ0) is 44.6. The maximum absolute atomic E-state index is 13.5. The molecule has 16 heteroatoms. The molecule has 10 nitrogen and oxygen atoms in total. The fourth-order valence-corrected chi connectivity index (χ4v) is 9.12. The highest BCUT2D eigenvalue weighted by Crippen LogP contribution is 2.36. The summed E-state index contributed by atoms with van der Waals surface area (Å²) in [6.07, 6.45) is -3.77. The summed E-state index contributed by atoms with van der Waals surface area (Å²) in [4.78, 5) is 48.3. The molecule has 7 rings (SSSR count). The quantitative estimate of drug-likeness (QED) is 0.0493. The molecule has 0 amide bonds. The van der Waals surface area contributed by atoms with E-state index in [1.807, 2.05) is 68.6 Å². The number of carbonyl (C=O) groups is 2. The van der Waals surface area contributed by atoms with Gasteiger partial charge in [0.05, 0.1) is 28.4 Å². The molecule has 0 N–H and O–H groups in total. The van der Waals surface area contributed by atoms with Crippen LogP contribution in [0.1, 0.15) is 45.6 Å². The van der Waals surface area contributed by atoms with Crippen molar-refractivity contribution < 1.29 is 51.2 Å². The van der Waals surface area contributed by atoms with Gasteiger partial charge in [-0.2, -0.15) is 13.2 Å². The summed E-state index contributed by atoms with van der Waals surface area (Å²) in [5, 5.41) is 2.62. The Kier molecular flexibility index (Phi) is 14.2. The van der Waals surface area contributed by atoms with Crippen LogP contribution in [0.5, 0.6) is 17.2 Å². The Morgan fingerprint density at radius 2 is 1.59 bits per heavy atom. The van der Waals surface area contributed by atoms with Crippen molar-refractivity contribution in [3.8, 4) is 38.6 Å². The van der Waals surface area contributed by atoms with Gasteiger partial charge in [-0.15, -0.1) is 34.4 Å². The maximum Gasteiger partial charge on any atom is 0.416 e. The lowest BCUT2D eigenvalue weighted by Crippen LogP contribution is -2.45. The molecule has 3 heterocycles. The summed E-state index contributed by atoms with van der Waals surface area (Å²) in [6, 6.07) is 30.4. The van der Waals surface area contributed by atoms with Gasteiger partial charge in [0.15, 0.2) is 6.61 Å². The normalized spacial score (nSPS) is 12.4. The van der Waals surface area contributed by atoms with Crippen LogP contribution < -0.4 is 14.2 Å². The maximum atomic E-state index is 13.5. The largest absolute Gasteiger partial charge is 0.493 e. The van der Waals surface area contributed by atoms with Crippen molar-refractivity contribution in [2.75, 3.05) is 13.2 Å². The summed E-state index contributed by atoms with van der Waals surface area (Å²) < 4.78 is 62.7. The fraction of sp³-hybridized carbons (Fsp3) is 0.234. The standard InChI is InChI=1S/C47H41F3N2O8S3/c1-29-25-37(62-28-41-30(2)51-44(63-41)33-14-16-34(17-15-33)47(48,49)50)20-21-39(29)56-27-42(53)59-60-45(54)46(4,58-36-9-6-5-7-10-36)26-32-12-18-35(19-13-32)55-23-22-38-31(3)57-43(52-38)40-11-8-24-61-40/h5-21,24-25H,22-23,26-28H2,1-4H3/t46-/m0/s1. The molecular formula is C47H41F3N2O8S3. The number of ether oxygens (including phenoxy) is 3. The molecule has 0 aliphatic heterocycles. The van der Waals surface area contributed by atoms with E-state index in [9.17, 15) is 22.8 Å². The number of aryl methyl sites for hydroxylation is 3. The molecule has 0 radical (unpaired) electrons. The first kappa shape index (κ1) is 44.9. The van der Waals surface area contributed by atoms with E-state index in [1.54, 1.807) is 72.5 Å². The minimum absolute atomic E-state index is 0.0745. The van der Waals surface area contributed by atoms with Gasteiger partial charge < -0.3 is 18.6 Å². The second-order valence-corrected chi connectivity index (χ2v) is 17.6. The van der Waals surface area contributed by atoms with E-state index >= 15 is 0 Å². The van der Waals surface area contributed by atoms with E-state index in [0.717, 1.165) is 55.1 Å². The number of aromatic nitrogens is 2. The van der Waals surface area contributed by atoms with Crippen molar-refractivity contribution in [2.24, 2.45) is 0 Å². The highest BCUT2D eigenvalue weighted by molar-refractivity contribution is 7.98. The molecule has 0 aliphatic carbocycles. The minimum atomic E-state index is -4.40. The molecule has 1 atom stereocenters. The Hall–Kier alpha value is -6.10. The highest BCUT2D eigenvalue weighted by atomic mass is 32.2. The predicted octanol–water partition coefficient (Wildman–Crippen LogP) is 11.8. The number of halogens is 3. The smallest absolute Gasteiger partial charge is 0.416 e. The van der Waals surface area contributed by atoms with E-state index in [4.69, 9.17) is 28.4 Å². The number of thiazole rings is 1. The number of hydrogen-bond donors (Lipinski definition) is 0. The molecule has 3 aromatic heterocycles. The molecule has 0 unspecified atom stereocenters. The van der Waals surface area contributed by atoms with Crippen LogP contribution in [0.4, 0.5) is 13.2 Å². The topological polar surface area (TPSA) is 119 Å². The molecule has 0 fully saturated rings. The van der Waals surface area contributed by atoms with Crippen molar-refractivity contribution in [3.63, 3.8) is 0 Å². The van der Waals surface area contributed by atoms with E-state index in [2.05, 4.69) is 9.97 Å². The van der Waals surface area contributed by atoms with E-state index < -0.39 is 35.9 Å². The number of rotatable bonds is 17. The lowest BCUT2D eigenvalue weighted by molar-refractivity contribution is -0.269. The lowest BCUT2D eigenvalue weighted by Gasteiger charge is -2.27. The van der Waals surface area contributed by atoms with Gasteiger partial charge in [-0.3, -0.25) is 0 Å². The third-order valence-corrected chi connectivity index (χ3v) is 12.9. The van der Waals surface area contributed by atoms with Gasteiger partial charge in [-0.05, 0) is 105 Å². The van der Waals surface area contributed by atoms with Crippen LogP contribution in [0.25, 0.3) is 21.3 Å². The van der Waals surface area contributed by atoms with Crippen LogP contribution in [0.3, 0.4) is 0 Å². The van der Waals surface area contributed by atoms with Crippen molar-refractivity contribution in [3.05, 3.63) is 153 Å². The van der Waals surface area contributed by atoms with Crippen LogP contribution in [-0.2, 0) is 44.1 Å². The molecule has 0 aliphatic rings. The number of hydrogen-bond acceptors (Lipinski definition) is 13. The third kappa shape index (κ3) is 11.9. The van der Waals surface area contributed by atoms with Crippen LogP contribution in [0.2, 0.25) is 0 Å². The molecule has 0 spiro atoms. The zero-order valence-corrected chi connectivity index (χ0v) is 37.0. The van der Waals surface area contributed by atoms with Gasteiger partial charge in [0.25, 0.3) is 0 Å². The Labute approximate surface area is 373 Å². The van der Waals surface area contributed by atoms with Crippen molar-refractivity contribution in [1.82, 2.24) is 9.97 Å². The van der Waals surface area contributed by atoms with Crippen LogP contribution in [0.15, 0.2) is 124 Å². The summed E-state index contributed by atoms with van der Waals surface area (Å²) >= 11 is 4.56. The third-order valence-electron chi connectivity index (χ3n) is 9.64. The first-order valence-corrected chi connectivity index (χ1v) is 22.3. The molecule has 0 saturated heterocycles. The molecular weight excluding hydrogens is 874 g/mol. The molecule has 0 bridgehead atoms. The van der Waals surface area contributed by atoms with Crippen LogP contribution in [0, 0.1) is 20.8 Å². The van der Waals surface area contributed by atoms with Crippen LogP contribution >= 0.6 is 34.4 Å². The highest BCUT2D eigenvalue weighted by Gasteiger charge is 2.40. The first-order valence-electron chi connectivity index (χ1n) is 19.6. The molecule has 326 valence electrons. The second-order valence-electron chi connectivity index (χ2n) is 14.5. The molecule has 4 aromatic carbocycles. The molecule has 0 saturated carbocycles. The average Bonchev–Trinajstić information content (AvgIpc) is 4.03. The fourth-order valence-electron chi connectivity index (χ4n) is 6.27. The zero-order valence-electron chi connectivity index (χ0n) is 34.5. The van der Waals surface area contributed by atoms with Gasteiger partial charge in [0.1, 0.15) is 28.0 Å². The Morgan fingerprint density at radius 3 is 2.29 bits per heavy atom. The number of thioether (sulfide) groups is 1. The summed E-state index contributed by atoms with van der Waals surface area (Å²) in [6.45, 7) is 6.99. The number of nitrogens with zero attached hydrogens (tertiary/aromatic N) is 2. The van der Waals surface area contributed by atoms with E-state index in [1.165, 1.54) is 23.5 Å². The van der Waals surface area contributed by atoms with Gasteiger partial charge in [0, 0.05) is 33.9 Å². The van der Waals surface area contributed by atoms with E-state index in [-0.39, 0.29) is 6.42 Å². The van der Waals surface area contributed by atoms with Gasteiger partial charge >= 0.3 is 18.1 Å². The average molecular weight is 915 g/mol. The summed E-state index contributed by atoms with van der Waals surface area (Å²) in [7, 11) is 0. The Morgan fingerprint density at radius 1 is 0.825 bits per heavy atom. The van der Waals surface area contributed by atoms with Crippen molar-refractivity contribution in [1.29, 1.82) is 0 Å². The Balaban J connectivity index is 0.893. The number of oxazole rings is 1. The van der Waals surface area contributed by atoms with Gasteiger partial charge in [0.2, 0.25) is 11.5 Å². The second kappa shape index (κ2) is 19.9. The van der Waals surface area contributed by atoms with Crippen molar-refractivity contribution in [2.45, 2.75) is 63.0 Å².